The number of hydrogen-bond acceptors (Lipinski definition) is 9. The quantitative estimate of drug-likeness (QED) is 0.367. The Labute approximate surface area is 169 Å². The van der Waals surface area contributed by atoms with Gasteiger partial charge in [0.15, 0.2) is 0 Å². The minimum absolute atomic E-state index is 0.0488. The van der Waals surface area contributed by atoms with E-state index in [4.69, 9.17) is 9.47 Å². The Morgan fingerprint density at radius 2 is 1.90 bits per heavy atom. The second-order valence-electron chi connectivity index (χ2n) is 5.72. The minimum atomic E-state index is -0.658. The summed E-state index contributed by atoms with van der Waals surface area (Å²) < 4.78 is 11.3. The first kappa shape index (κ1) is 22.0. The van der Waals surface area contributed by atoms with Crippen LogP contribution in [-0.2, 0) is 20.8 Å². The van der Waals surface area contributed by atoms with Crippen LogP contribution in [0.3, 0.4) is 0 Å². The molecule has 0 aliphatic carbocycles. The van der Waals surface area contributed by atoms with Crippen molar-refractivity contribution in [2.75, 3.05) is 18.5 Å². The van der Waals surface area contributed by atoms with Gasteiger partial charge in [-0.3, -0.25) is 19.6 Å². The van der Waals surface area contributed by atoms with E-state index < -0.39 is 22.8 Å². The highest BCUT2D eigenvalue weighted by Gasteiger charge is 2.27. The van der Waals surface area contributed by atoms with Gasteiger partial charge in [0.1, 0.15) is 22.3 Å². The van der Waals surface area contributed by atoms with E-state index in [1.165, 1.54) is 10.9 Å². The van der Waals surface area contributed by atoms with Gasteiger partial charge >= 0.3 is 17.6 Å². The Balaban J connectivity index is 2.17. The summed E-state index contributed by atoms with van der Waals surface area (Å²) in [5.74, 6) is -1.70. The Kier molecular flexibility index (Phi) is 7.42. The third-order valence-corrected chi connectivity index (χ3v) is 4.93. The molecule has 2 heterocycles. The minimum Gasteiger partial charge on any atom is -0.462 e. The van der Waals surface area contributed by atoms with Gasteiger partial charge in [-0.1, -0.05) is 0 Å². The van der Waals surface area contributed by atoms with E-state index in [0.29, 0.717) is 5.56 Å². The Morgan fingerprint density at radius 1 is 1.24 bits per heavy atom. The molecule has 0 atom stereocenters. The second-order valence-corrected chi connectivity index (χ2v) is 6.74. The molecule has 0 bridgehead atoms. The van der Waals surface area contributed by atoms with E-state index >= 15 is 0 Å². The molecule has 0 aliphatic heterocycles. The number of nitrogens with one attached hydrogen (secondary N) is 1. The number of carbonyl (C=O) groups is 3. The molecule has 1 N–H and O–H groups in total. The molecule has 2 aromatic rings. The van der Waals surface area contributed by atoms with Crippen LogP contribution in [0.25, 0.3) is 0 Å². The van der Waals surface area contributed by atoms with Gasteiger partial charge in [0.25, 0.3) is 0 Å². The van der Waals surface area contributed by atoms with Crippen molar-refractivity contribution in [2.24, 2.45) is 0 Å². The molecule has 12 heteroatoms. The lowest BCUT2D eigenvalue weighted by atomic mass is 10.1. The van der Waals surface area contributed by atoms with Crippen LogP contribution in [0.2, 0.25) is 0 Å². The SMILES string of the molecule is CCOC(=O)c1sc(NC(=O)CCn2cc([N+](=O)[O-])cn2)c(C(=O)OCC)c1C. The van der Waals surface area contributed by atoms with E-state index in [1.54, 1.807) is 20.8 Å². The highest BCUT2D eigenvalue weighted by Crippen LogP contribution is 2.34. The highest BCUT2D eigenvalue weighted by atomic mass is 32.1. The largest absolute Gasteiger partial charge is 0.462 e. The van der Waals surface area contributed by atoms with Crippen LogP contribution in [0.15, 0.2) is 12.4 Å². The average Bonchev–Trinajstić information content (AvgIpc) is 3.25. The first-order chi connectivity index (χ1) is 13.8. The lowest BCUT2D eigenvalue weighted by Gasteiger charge is -2.07. The number of aryl methyl sites for hydroxylation is 1. The van der Waals surface area contributed by atoms with Crippen molar-refractivity contribution in [3.05, 3.63) is 38.5 Å². The monoisotopic (exact) mass is 424 g/mol. The number of hydrogen-bond donors (Lipinski definition) is 1. The zero-order valence-electron chi connectivity index (χ0n) is 16.1. The summed E-state index contributed by atoms with van der Waals surface area (Å²) in [5.41, 5.74) is 0.288. The predicted molar refractivity (Wildman–Crippen MR) is 103 cm³/mol. The summed E-state index contributed by atoms with van der Waals surface area (Å²) in [5, 5.41) is 17.3. The standard InChI is InChI=1S/C17H20N4O7S/c1-4-27-16(23)13-10(3)14(17(24)28-5-2)29-15(13)19-12(22)6-7-20-9-11(8-18-20)21(25)26/h8-9H,4-7H2,1-3H3,(H,19,22). The fourth-order valence-electron chi connectivity index (χ4n) is 2.42. The van der Waals surface area contributed by atoms with Crippen molar-refractivity contribution in [2.45, 2.75) is 33.7 Å². The molecular formula is C17H20N4O7S. The van der Waals surface area contributed by atoms with E-state index in [9.17, 15) is 24.5 Å². The molecule has 0 fully saturated rings. The second kappa shape index (κ2) is 9.78. The molecule has 0 saturated heterocycles. The summed E-state index contributed by atoms with van der Waals surface area (Å²) in [6, 6.07) is 0. The third-order valence-electron chi connectivity index (χ3n) is 3.74. The van der Waals surface area contributed by atoms with Crippen molar-refractivity contribution >= 4 is 39.9 Å². The van der Waals surface area contributed by atoms with Gasteiger partial charge in [-0.2, -0.15) is 5.10 Å². The lowest BCUT2D eigenvalue weighted by Crippen LogP contribution is -2.16. The molecule has 2 rings (SSSR count). The number of aromatic nitrogens is 2. The molecule has 2 aromatic heterocycles. The predicted octanol–water partition coefficient (Wildman–Crippen LogP) is 2.54. The lowest BCUT2D eigenvalue weighted by molar-refractivity contribution is -0.385. The maximum Gasteiger partial charge on any atom is 0.348 e. The van der Waals surface area contributed by atoms with Crippen molar-refractivity contribution in [3.63, 3.8) is 0 Å². The molecule has 0 radical (unpaired) electrons. The van der Waals surface area contributed by atoms with Crippen molar-refractivity contribution < 1.29 is 28.8 Å². The van der Waals surface area contributed by atoms with Gasteiger partial charge in [0.05, 0.1) is 23.7 Å². The summed E-state index contributed by atoms with van der Waals surface area (Å²) in [4.78, 5) is 47.1. The maximum absolute atomic E-state index is 12.3. The van der Waals surface area contributed by atoms with Crippen LogP contribution in [0.4, 0.5) is 10.7 Å². The van der Waals surface area contributed by atoms with Gasteiger partial charge in [0, 0.05) is 13.0 Å². The molecule has 156 valence electrons. The van der Waals surface area contributed by atoms with Gasteiger partial charge in [0.2, 0.25) is 5.91 Å². The van der Waals surface area contributed by atoms with Crippen LogP contribution >= 0.6 is 11.3 Å². The smallest absolute Gasteiger partial charge is 0.348 e. The Morgan fingerprint density at radius 3 is 2.48 bits per heavy atom. The molecule has 0 spiro atoms. The van der Waals surface area contributed by atoms with Crippen molar-refractivity contribution in [1.29, 1.82) is 0 Å². The molecule has 29 heavy (non-hydrogen) atoms. The zero-order chi connectivity index (χ0) is 21.6. The van der Waals surface area contributed by atoms with Crippen molar-refractivity contribution in [3.8, 4) is 0 Å². The van der Waals surface area contributed by atoms with Gasteiger partial charge in [-0.15, -0.1) is 11.3 Å². The summed E-state index contributed by atoms with van der Waals surface area (Å²) in [7, 11) is 0. The molecular weight excluding hydrogens is 404 g/mol. The first-order valence-electron chi connectivity index (χ1n) is 8.72. The maximum atomic E-state index is 12.3. The van der Waals surface area contributed by atoms with Gasteiger partial charge in [-0.05, 0) is 26.3 Å². The van der Waals surface area contributed by atoms with E-state index in [-0.39, 0.29) is 47.3 Å². The van der Waals surface area contributed by atoms with E-state index in [0.717, 1.165) is 17.5 Å². The average molecular weight is 424 g/mol. The van der Waals surface area contributed by atoms with E-state index in [1.807, 2.05) is 0 Å². The van der Waals surface area contributed by atoms with Crippen LogP contribution in [0.5, 0.6) is 0 Å². The third kappa shape index (κ3) is 5.38. The molecule has 0 aliphatic rings. The Bertz CT molecular complexity index is 934. The first-order valence-corrected chi connectivity index (χ1v) is 9.54. The number of rotatable bonds is 9. The molecule has 11 nitrogen and oxygen atoms in total. The van der Waals surface area contributed by atoms with Gasteiger partial charge < -0.3 is 14.8 Å². The number of amides is 1. The number of nitrogens with zero attached hydrogens (tertiary/aromatic N) is 3. The number of carbonyl (C=O) groups excluding carboxylic acids is 3. The molecule has 0 aromatic carbocycles. The van der Waals surface area contributed by atoms with Gasteiger partial charge in [-0.25, -0.2) is 9.59 Å². The number of thiophene rings is 1. The zero-order valence-corrected chi connectivity index (χ0v) is 16.9. The molecule has 1 amide bonds. The normalized spacial score (nSPS) is 10.4. The summed E-state index contributed by atoms with van der Waals surface area (Å²) in [6.07, 6.45) is 2.25. The van der Waals surface area contributed by atoms with Crippen LogP contribution in [0.1, 0.15) is 45.9 Å². The molecule has 0 saturated carbocycles. The molecule has 0 unspecified atom stereocenters. The van der Waals surface area contributed by atoms with Crippen LogP contribution in [-0.4, -0.2) is 45.8 Å². The van der Waals surface area contributed by atoms with Crippen molar-refractivity contribution in [1.82, 2.24) is 9.78 Å². The number of ether oxygens (including phenoxy) is 2. The summed E-state index contributed by atoms with van der Waals surface area (Å²) >= 11 is 0.927. The Hall–Kier alpha value is -3.28. The van der Waals surface area contributed by atoms with Crippen LogP contribution < -0.4 is 5.32 Å². The fourth-order valence-corrected chi connectivity index (χ4v) is 3.52. The summed E-state index contributed by atoms with van der Waals surface area (Å²) in [6.45, 7) is 5.29. The highest BCUT2D eigenvalue weighted by molar-refractivity contribution is 7.18. The van der Waals surface area contributed by atoms with Crippen LogP contribution in [0, 0.1) is 17.0 Å². The number of esters is 2. The number of anilines is 1. The topological polar surface area (TPSA) is 143 Å². The number of nitro groups is 1. The fraction of sp³-hybridized carbons (Fsp3) is 0.412. The van der Waals surface area contributed by atoms with E-state index in [2.05, 4.69) is 10.4 Å².